The minimum Gasteiger partial charge on any atom is -0.310 e. The molecule has 5 nitrogen and oxygen atoms in total. The topological polar surface area (TPSA) is 55.6 Å². The van der Waals surface area contributed by atoms with Crippen molar-refractivity contribution in [3.8, 4) is 0 Å². The summed E-state index contributed by atoms with van der Waals surface area (Å²) in [6.45, 7) is 6.06. The van der Waals surface area contributed by atoms with Gasteiger partial charge in [0.1, 0.15) is 0 Å². The molecule has 15 heavy (non-hydrogen) atoms. The second-order valence-corrected chi connectivity index (χ2v) is 4.49. The van der Waals surface area contributed by atoms with E-state index >= 15 is 0 Å². The van der Waals surface area contributed by atoms with Crippen molar-refractivity contribution in [3.05, 3.63) is 5.82 Å². The van der Waals surface area contributed by atoms with Crippen molar-refractivity contribution in [2.24, 2.45) is 0 Å². The first-order valence-electron chi connectivity index (χ1n) is 5.75. The Labute approximate surface area is 90.2 Å². The molecule has 1 fully saturated rings. The zero-order chi connectivity index (χ0) is 10.7. The largest absolute Gasteiger partial charge is 0.310 e. The molecular weight excluding hydrogens is 190 g/mol. The summed E-state index contributed by atoms with van der Waals surface area (Å²) in [5.41, 5.74) is 0.147. The zero-order valence-corrected chi connectivity index (χ0v) is 9.53. The van der Waals surface area contributed by atoms with Crippen molar-refractivity contribution in [3.63, 3.8) is 0 Å². The summed E-state index contributed by atoms with van der Waals surface area (Å²) >= 11 is 0. The molecule has 0 aromatic carbocycles. The zero-order valence-electron chi connectivity index (χ0n) is 9.53. The predicted octanol–water partition coefficient (Wildman–Crippen LogP) is 1.07. The highest BCUT2D eigenvalue weighted by Crippen LogP contribution is 2.35. The van der Waals surface area contributed by atoms with E-state index in [-0.39, 0.29) is 5.54 Å². The van der Waals surface area contributed by atoms with E-state index in [1.165, 1.54) is 25.7 Å². The molecule has 0 unspecified atom stereocenters. The molecule has 0 bridgehead atoms. The van der Waals surface area contributed by atoms with Gasteiger partial charge in [0, 0.05) is 0 Å². The molecule has 0 aliphatic heterocycles. The third-order valence-corrected chi connectivity index (χ3v) is 3.26. The van der Waals surface area contributed by atoms with Gasteiger partial charge in [0.25, 0.3) is 0 Å². The minimum atomic E-state index is 0.147. The molecule has 1 saturated carbocycles. The second kappa shape index (κ2) is 4.26. The van der Waals surface area contributed by atoms with Crippen LogP contribution in [0.25, 0.3) is 0 Å². The maximum absolute atomic E-state index is 4.14. The lowest BCUT2D eigenvalue weighted by molar-refractivity contribution is 0.278. The highest BCUT2D eigenvalue weighted by molar-refractivity contribution is 4.93. The number of hydrogen-bond donors (Lipinski definition) is 1. The van der Waals surface area contributed by atoms with Crippen LogP contribution in [0.2, 0.25) is 0 Å². The molecule has 1 aliphatic carbocycles. The minimum absolute atomic E-state index is 0.147. The molecule has 0 amide bonds. The van der Waals surface area contributed by atoms with E-state index in [1.807, 2.05) is 4.68 Å². The van der Waals surface area contributed by atoms with Crippen LogP contribution in [-0.2, 0) is 12.1 Å². The van der Waals surface area contributed by atoms with Gasteiger partial charge in [-0.2, -0.15) is 0 Å². The summed E-state index contributed by atoms with van der Waals surface area (Å²) in [4.78, 5) is 0. The van der Waals surface area contributed by atoms with Gasteiger partial charge in [-0.1, -0.05) is 19.8 Å². The van der Waals surface area contributed by atoms with Crippen LogP contribution in [0.5, 0.6) is 0 Å². The summed E-state index contributed by atoms with van der Waals surface area (Å²) in [5, 5.41) is 15.3. The summed E-state index contributed by atoms with van der Waals surface area (Å²) in [6, 6.07) is 0. The first-order valence-corrected chi connectivity index (χ1v) is 5.75. The van der Waals surface area contributed by atoms with E-state index < -0.39 is 0 Å². The van der Waals surface area contributed by atoms with Crippen LogP contribution in [0.15, 0.2) is 0 Å². The van der Waals surface area contributed by atoms with Crippen molar-refractivity contribution in [1.82, 2.24) is 25.5 Å². The Morgan fingerprint density at radius 1 is 1.40 bits per heavy atom. The maximum Gasteiger partial charge on any atom is 0.165 e. The summed E-state index contributed by atoms with van der Waals surface area (Å²) < 4.78 is 2.02. The van der Waals surface area contributed by atoms with E-state index in [2.05, 4.69) is 34.7 Å². The second-order valence-electron chi connectivity index (χ2n) is 4.49. The lowest BCUT2D eigenvalue weighted by Crippen LogP contribution is -2.31. The molecule has 0 spiro atoms. The first kappa shape index (κ1) is 10.5. The summed E-state index contributed by atoms with van der Waals surface area (Å²) in [7, 11) is 0. The van der Waals surface area contributed by atoms with Crippen molar-refractivity contribution < 1.29 is 0 Å². The Morgan fingerprint density at radius 2 is 2.13 bits per heavy atom. The molecule has 1 aromatic heterocycles. The average Bonchev–Trinajstić information content (AvgIpc) is 2.84. The monoisotopic (exact) mass is 209 g/mol. The number of nitrogens with zero attached hydrogens (tertiary/aromatic N) is 4. The fraction of sp³-hybridized carbons (Fsp3) is 0.900. The van der Waals surface area contributed by atoms with Crippen LogP contribution in [0.3, 0.4) is 0 Å². The van der Waals surface area contributed by atoms with Crippen LogP contribution in [-0.4, -0.2) is 26.8 Å². The van der Waals surface area contributed by atoms with Gasteiger partial charge in [0.05, 0.1) is 12.1 Å². The smallest absolute Gasteiger partial charge is 0.165 e. The van der Waals surface area contributed by atoms with Crippen LogP contribution < -0.4 is 5.32 Å². The van der Waals surface area contributed by atoms with Gasteiger partial charge in [-0.05, 0) is 36.7 Å². The third kappa shape index (κ3) is 2.02. The molecule has 5 heteroatoms. The number of rotatable bonds is 4. The summed E-state index contributed by atoms with van der Waals surface area (Å²) in [6.07, 6.45) is 4.96. The normalized spacial score (nSPS) is 19.6. The molecule has 1 aromatic rings. The van der Waals surface area contributed by atoms with Gasteiger partial charge in [0.2, 0.25) is 0 Å². The van der Waals surface area contributed by atoms with Gasteiger partial charge in [-0.15, -0.1) is 5.10 Å². The fourth-order valence-electron chi connectivity index (χ4n) is 2.32. The quantitative estimate of drug-likeness (QED) is 0.806. The molecule has 84 valence electrons. The van der Waals surface area contributed by atoms with Crippen LogP contribution in [0.4, 0.5) is 0 Å². The van der Waals surface area contributed by atoms with E-state index in [0.29, 0.717) is 0 Å². The first-order chi connectivity index (χ1) is 7.26. The molecule has 0 saturated heterocycles. The molecule has 1 N–H and O–H groups in total. The highest BCUT2D eigenvalue weighted by atomic mass is 15.6. The van der Waals surface area contributed by atoms with E-state index in [1.54, 1.807) is 0 Å². The Kier molecular flexibility index (Phi) is 3.00. The van der Waals surface area contributed by atoms with Gasteiger partial charge in [0.15, 0.2) is 5.82 Å². The van der Waals surface area contributed by atoms with E-state index in [0.717, 1.165) is 18.9 Å². The molecular formula is C10H19N5. The number of hydrogen-bond acceptors (Lipinski definition) is 4. The lowest BCUT2D eigenvalue weighted by atomic mass is 10.0. The molecule has 1 aliphatic rings. The molecule has 0 atom stereocenters. The third-order valence-electron chi connectivity index (χ3n) is 3.26. The number of aromatic nitrogens is 4. The fourth-order valence-corrected chi connectivity index (χ4v) is 2.32. The Morgan fingerprint density at radius 3 is 2.80 bits per heavy atom. The van der Waals surface area contributed by atoms with Crippen molar-refractivity contribution >= 4 is 0 Å². The van der Waals surface area contributed by atoms with Crippen molar-refractivity contribution in [1.29, 1.82) is 0 Å². The van der Waals surface area contributed by atoms with Gasteiger partial charge in [-0.25, -0.2) is 4.68 Å². The molecule has 2 rings (SSSR count). The van der Waals surface area contributed by atoms with Gasteiger partial charge >= 0.3 is 0 Å². The van der Waals surface area contributed by atoms with Crippen molar-refractivity contribution in [2.75, 3.05) is 6.54 Å². The Balaban J connectivity index is 2.16. The average molecular weight is 209 g/mol. The molecule has 0 radical (unpaired) electrons. The van der Waals surface area contributed by atoms with Crippen LogP contribution in [0, 0.1) is 0 Å². The number of tetrazole rings is 1. The molecule has 1 heterocycles. The van der Waals surface area contributed by atoms with Crippen LogP contribution in [0.1, 0.15) is 45.4 Å². The lowest BCUT2D eigenvalue weighted by Gasteiger charge is -2.24. The van der Waals surface area contributed by atoms with Crippen molar-refractivity contribution in [2.45, 2.75) is 51.6 Å². The predicted molar refractivity (Wildman–Crippen MR) is 57.3 cm³/mol. The highest BCUT2D eigenvalue weighted by Gasteiger charge is 2.33. The Bertz CT molecular complexity index is 313. The van der Waals surface area contributed by atoms with E-state index in [4.69, 9.17) is 0 Å². The maximum atomic E-state index is 4.14. The van der Waals surface area contributed by atoms with Gasteiger partial charge in [-0.3, -0.25) is 0 Å². The van der Waals surface area contributed by atoms with Gasteiger partial charge < -0.3 is 5.32 Å². The standard InChI is InChI=1S/C10H19N5/c1-3-11-8-9-12-13-14-15(9)10(2)6-4-5-7-10/h11H,3-8H2,1-2H3. The Hall–Kier alpha value is -0.970. The van der Waals surface area contributed by atoms with Crippen LogP contribution >= 0.6 is 0 Å². The van der Waals surface area contributed by atoms with E-state index in [9.17, 15) is 0 Å². The SMILES string of the molecule is CCNCc1nnnn1C1(C)CCCC1. The number of nitrogens with one attached hydrogen (secondary N) is 1. The summed E-state index contributed by atoms with van der Waals surface area (Å²) in [5.74, 6) is 0.959.